The SMILES string of the molecule is CC[C@H](C)[C@H](NC(=O)c1ccc(N2CCN(CC)CC2)cc1)C(=O)N1C[C@@H](C(C)(C)C)[C@H]2OCC(=O)[C@H]21. The summed E-state index contributed by atoms with van der Waals surface area (Å²) in [4.78, 5) is 46.4. The van der Waals surface area contributed by atoms with E-state index in [0.29, 0.717) is 12.1 Å². The van der Waals surface area contributed by atoms with Gasteiger partial charge in [0.25, 0.3) is 5.91 Å². The van der Waals surface area contributed by atoms with E-state index in [4.69, 9.17) is 4.74 Å². The molecule has 3 fully saturated rings. The van der Waals surface area contributed by atoms with Gasteiger partial charge < -0.3 is 24.8 Å². The Kier molecular flexibility index (Phi) is 8.29. The molecule has 0 spiro atoms. The minimum atomic E-state index is -0.702. The van der Waals surface area contributed by atoms with Gasteiger partial charge in [-0.25, -0.2) is 0 Å². The van der Waals surface area contributed by atoms with Gasteiger partial charge in [0.05, 0.1) is 6.10 Å². The van der Waals surface area contributed by atoms with Crippen molar-refractivity contribution in [3.05, 3.63) is 29.8 Å². The molecule has 1 N–H and O–H groups in total. The molecule has 2 amide bonds. The molecule has 4 rings (SSSR count). The minimum absolute atomic E-state index is 0.0466. The highest BCUT2D eigenvalue weighted by atomic mass is 16.5. The number of rotatable bonds is 7. The molecule has 3 aliphatic heterocycles. The monoisotopic (exact) mass is 512 g/mol. The van der Waals surface area contributed by atoms with Gasteiger partial charge >= 0.3 is 0 Å². The van der Waals surface area contributed by atoms with Gasteiger partial charge in [-0.15, -0.1) is 0 Å². The Balaban J connectivity index is 1.47. The van der Waals surface area contributed by atoms with Crippen LogP contribution in [0.25, 0.3) is 0 Å². The molecule has 37 heavy (non-hydrogen) atoms. The van der Waals surface area contributed by atoms with Crippen LogP contribution in [-0.4, -0.2) is 91.5 Å². The predicted octanol–water partition coefficient (Wildman–Crippen LogP) is 2.81. The Labute approximate surface area is 221 Å². The van der Waals surface area contributed by atoms with Crippen molar-refractivity contribution < 1.29 is 19.1 Å². The molecule has 0 aromatic heterocycles. The summed E-state index contributed by atoms with van der Waals surface area (Å²) in [5.74, 6) is -0.510. The lowest BCUT2D eigenvalue weighted by molar-refractivity contribution is -0.139. The average molecular weight is 513 g/mol. The van der Waals surface area contributed by atoms with Gasteiger partial charge in [-0.3, -0.25) is 14.4 Å². The number of fused-ring (bicyclic) bond motifs is 1. The van der Waals surface area contributed by atoms with Crippen molar-refractivity contribution in [1.29, 1.82) is 0 Å². The van der Waals surface area contributed by atoms with Crippen LogP contribution in [0.5, 0.6) is 0 Å². The van der Waals surface area contributed by atoms with Crippen LogP contribution in [0, 0.1) is 17.3 Å². The van der Waals surface area contributed by atoms with Crippen LogP contribution in [-0.2, 0) is 14.3 Å². The molecule has 1 aromatic carbocycles. The summed E-state index contributed by atoms with van der Waals surface area (Å²) >= 11 is 0. The fraction of sp³-hybridized carbons (Fsp3) is 0.690. The van der Waals surface area contributed by atoms with Crippen LogP contribution in [0.15, 0.2) is 24.3 Å². The summed E-state index contributed by atoms with van der Waals surface area (Å²) in [5.41, 5.74) is 1.53. The van der Waals surface area contributed by atoms with Crippen molar-refractivity contribution in [2.24, 2.45) is 17.3 Å². The maximum Gasteiger partial charge on any atom is 0.251 e. The molecule has 1 aromatic rings. The van der Waals surface area contributed by atoms with Crippen LogP contribution >= 0.6 is 0 Å². The summed E-state index contributed by atoms with van der Waals surface area (Å²) in [7, 11) is 0. The number of Topliss-reactive ketones (excluding diaryl/α,β-unsaturated/α-hetero) is 1. The third kappa shape index (κ3) is 5.70. The highest BCUT2D eigenvalue weighted by molar-refractivity contribution is 5.99. The minimum Gasteiger partial charge on any atom is -0.369 e. The number of amides is 2. The number of piperazine rings is 1. The van der Waals surface area contributed by atoms with Crippen molar-refractivity contribution in [3.8, 4) is 0 Å². The lowest BCUT2D eigenvalue weighted by Crippen LogP contribution is -2.54. The van der Waals surface area contributed by atoms with Crippen LogP contribution in [0.1, 0.15) is 58.3 Å². The summed E-state index contributed by atoms with van der Waals surface area (Å²) in [6.07, 6.45) is 0.450. The topological polar surface area (TPSA) is 82.2 Å². The van der Waals surface area contributed by atoms with E-state index in [9.17, 15) is 14.4 Å². The highest BCUT2D eigenvalue weighted by Gasteiger charge is 2.56. The molecule has 0 bridgehead atoms. The first kappa shape index (κ1) is 27.6. The molecule has 5 atom stereocenters. The molecular weight excluding hydrogens is 468 g/mol. The van der Waals surface area contributed by atoms with Crippen molar-refractivity contribution in [2.45, 2.75) is 66.2 Å². The van der Waals surface area contributed by atoms with Gasteiger partial charge in [-0.1, -0.05) is 48.0 Å². The molecule has 0 unspecified atom stereocenters. The zero-order chi connectivity index (χ0) is 26.9. The molecule has 0 saturated carbocycles. The lowest BCUT2D eigenvalue weighted by Gasteiger charge is -2.35. The van der Waals surface area contributed by atoms with E-state index in [1.54, 1.807) is 4.90 Å². The number of carbonyl (C=O) groups is 3. The number of anilines is 1. The molecule has 3 aliphatic rings. The number of likely N-dealkylation sites (N-methyl/N-ethyl adjacent to an activating group) is 1. The zero-order valence-corrected chi connectivity index (χ0v) is 23.3. The Bertz CT molecular complexity index is 981. The normalized spacial score (nSPS) is 26.2. The number of benzene rings is 1. The molecule has 204 valence electrons. The largest absolute Gasteiger partial charge is 0.369 e. The highest BCUT2D eigenvalue weighted by Crippen LogP contribution is 2.42. The van der Waals surface area contributed by atoms with E-state index in [2.05, 4.69) is 42.8 Å². The Morgan fingerprint density at radius 3 is 2.30 bits per heavy atom. The standard InChI is InChI=1S/C29H44N4O4/c1-7-19(3)24(28(36)33-17-22(29(4,5)6)26-25(33)23(34)18-37-26)30-27(35)20-9-11-21(12-10-20)32-15-13-31(8-2)14-16-32/h9-12,19,22,24-26H,7-8,13-18H2,1-6H3,(H,30,35)/t19-,22+,24-,25+,26+/m0/s1. The lowest BCUT2D eigenvalue weighted by atomic mass is 9.78. The van der Waals surface area contributed by atoms with Crippen molar-refractivity contribution >= 4 is 23.3 Å². The zero-order valence-electron chi connectivity index (χ0n) is 23.3. The van der Waals surface area contributed by atoms with Crippen molar-refractivity contribution in [3.63, 3.8) is 0 Å². The van der Waals surface area contributed by atoms with Gasteiger partial charge in [0.15, 0.2) is 5.78 Å². The molecule has 3 saturated heterocycles. The number of nitrogens with one attached hydrogen (secondary N) is 1. The number of hydrogen-bond acceptors (Lipinski definition) is 6. The summed E-state index contributed by atoms with van der Waals surface area (Å²) in [5, 5.41) is 3.02. The fourth-order valence-electron chi connectivity index (χ4n) is 5.88. The van der Waals surface area contributed by atoms with Gasteiger partial charge in [0.2, 0.25) is 5.91 Å². The van der Waals surface area contributed by atoms with Crippen LogP contribution in [0.3, 0.4) is 0 Å². The van der Waals surface area contributed by atoms with Gasteiger partial charge in [0, 0.05) is 49.9 Å². The molecule has 3 heterocycles. The predicted molar refractivity (Wildman–Crippen MR) is 145 cm³/mol. The summed E-state index contributed by atoms with van der Waals surface area (Å²) in [6, 6.07) is 6.39. The van der Waals surface area contributed by atoms with Crippen molar-refractivity contribution in [2.75, 3.05) is 50.8 Å². The van der Waals surface area contributed by atoms with E-state index in [1.165, 1.54) is 0 Å². The maximum absolute atomic E-state index is 13.9. The number of nitrogens with zero attached hydrogens (tertiary/aromatic N) is 3. The second kappa shape index (κ2) is 11.1. The summed E-state index contributed by atoms with van der Waals surface area (Å²) in [6.45, 7) is 18.1. The summed E-state index contributed by atoms with van der Waals surface area (Å²) < 4.78 is 5.86. The van der Waals surface area contributed by atoms with E-state index in [-0.39, 0.29) is 47.6 Å². The third-order valence-electron chi connectivity index (χ3n) is 8.66. The van der Waals surface area contributed by atoms with Crippen molar-refractivity contribution in [1.82, 2.24) is 15.1 Å². The van der Waals surface area contributed by atoms with E-state index in [0.717, 1.165) is 44.8 Å². The second-order valence-corrected chi connectivity index (χ2v) is 12.0. The Morgan fingerprint density at radius 2 is 1.73 bits per heavy atom. The first-order valence-corrected chi connectivity index (χ1v) is 13.9. The van der Waals surface area contributed by atoms with E-state index < -0.39 is 12.1 Å². The van der Waals surface area contributed by atoms with Gasteiger partial charge in [-0.05, 0) is 42.1 Å². The maximum atomic E-state index is 13.9. The first-order valence-electron chi connectivity index (χ1n) is 13.9. The van der Waals surface area contributed by atoms with E-state index in [1.807, 2.05) is 38.1 Å². The second-order valence-electron chi connectivity index (χ2n) is 12.0. The smallest absolute Gasteiger partial charge is 0.251 e. The molecule has 0 radical (unpaired) electrons. The van der Waals surface area contributed by atoms with Gasteiger partial charge in [0.1, 0.15) is 18.7 Å². The molecular formula is C29H44N4O4. The van der Waals surface area contributed by atoms with Crippen LogP contribution in [0.4, 0.5) is 5.69 Å². The number of likely N-dealkylation sites (tertiary alicyclic amines) is 1. The first-order chi connectivity index (χ1) is 17.5. The van der Waals surface area contributed by atoms with Crippen LogP contribution in [0.2, 0.25) is 0 Å². The third-order valence-corrected chi connectivity index (χ3v) is 8.66. The van der Waals surface area contributed by atoms with Gasteiger partial charge in [-0.2, -0.15) is 0 Å². The number of ketones is 1. The quantitative estimate of drug-likeness (QED) is 0.605. The Morgan fingerprint density at radius 1 is 1.08 bits per heavy atom. The number of ether oxygens (including phenoxy) is 1. The average Bonchev–Trinajstić information content (AvgIpc) is 3.47. The van der Waals surface area contributed by atoms with E-state index >= 15 is 0 Å². The van der Waals surface area contributed by atoms with Crippen LogP contribution < -0.4 is 10.2 Å². The number of hydrogen-bond donors (Lipinski definition) is 1. The molecule has 8 heteroatoms. The fourth-order valence-corrected chi connectivity index (χ4v) is 5.88. The number of carbonyl (C=O) groups excluding carboxylic acids is 3. The molecule has 8 nitrogen and oxygen atoms in total. The Hall–Kier alpha value is -2.45. The molecule has 0 aliphatic carbocycles.